The van der Waals surface area contributed by atoms with E-state index in [2.05, 4.69) is 19.2 Å². The Labute approximate surface area is 144 Å². The molecule has 5 heteroatoms. The molecule has 1 saturated carbocycles. The first-order valence-electron chi connectivity index (χ1n) is 7.67. The van der Waals surface area contributed by atoms with E-state index in [0.29, 0.717) is 18.9 Å². The van der Waals surface area contributed by atoms with E-state index in [1.165, 1.54) is 5.56 Å². The van der Waals surface area contributed by atoms with Gasteiger partial charge in [0.05, 0.1) is 0 Å². The maximum Gasteiger partial charge on any atom is 0.220 e. The zero-order valence-corrected chi connectivity index (χ0v) is 14.8. The second-order valence-corrected chi connectivity index (χ2v) is 7.16. The van der Waals surface area contributed by atoms with E-state index in [-0.39, 0.29) is 29.8 Å². The molecule has 0 aliphatic heterocycles. The Hall–Kier alpha value is -0.770. The van der Waals surface area contributed by atoms with Crippen molar-refractivity contribution in [3.05, 3.63) is 34.9 Å². The topological polar surface area (TPSA) is 55.1 Å². The highest BCUT2D eigenvalue weighted by Crippen LogP contribution is 2.27. The number of hydrogen-bond donors (Lipinski definition) is 2. The van der Waals surface area contributed by atoms with Gasteiger partial charge in [0, 0.05) is 29.4 Å². The van der Waals surface area contributed by atoms with Crippen molar-refractivity contribution in [1.29, 1.82) is 0 Å². The van der Waals surface area contributed by atoms with Crippen LogP contribution in [-0.4, -0.2) is 18.5 Å². The van der Waals surface area contributed by atoms with Crippen LogP contribution in [0.15, 0.2) is 24.3 Å². The molecule has 124 valence electrons. The molecule has 0 bridgehead atoms. The summed E-state index contributed by atoms with van der Waals surface area (Å²) >= 11 is 5.92. The lowest BCUT2D eigenvalue weighted by molar-refractivity contribution is -0.122. The lowest BCUT2D eigenvalue weighted by Crippen LogP contribution is -2.38. The summed E-state index contributed by atoms with van der Waals surface area (Å²) in [7, 11) is 0. The Morgan fingerprint density at radius 1 is 1.32 bits per heavy atom. The highest BCUT2D eigenvalue weighted by Gasteiger charge is 2.27. The second kappa shape index (κ2) is 8.19. The van der Waals surface area contributed by atoms with Crippen LogP contribution < -0.4 is 11.1 Å². The fourth-order valence-electron chi connectivity index (χ4n) is 2.95. The average Bonchev–Trinajstić information content (AvgIpc) is 2.83. The van der Waals surface area contributed by atoms with Crippen molar-refractivity contribution in [3.63, 3.8) is 0 Å². The summed E-state index contributed by atoms with van der Waals surface area (Å²) in [5.74, 6) is 0.461. The van der Waals surface area contributed by atoms with Crippen LogP contribution in [0.4, 0.5) is 0 Å². The van der Waals surface area contributed by atoms with Crippen LogP contribution in [0, 0.1) is 5.92 Å². The van der Waals surface area contributed by atoms with Crippen LogP contribution in [0.2, 0.25) is 5.02 Å². The maximum absolute atomic E-state index is 12.1. The van der Waals surface area contributed by atoms with Gasteiger partial charge in [-0.2, -0.15) is 0 Å². The number of amides is 1. The summed E-state index contributed by atoms with van der Waals surface area (Å²) in [4.78, 5) is 12.1. The zero-order valence-electron chi connectivity index (χ0n) is 13.3. The van der Waals surface area contributed by atoms with Crippen molar-refractivity contribution < 1.29 is 4.79 Å². The molecule has 1 aromatic carbocycles. The quantitative estimate of drug-likeness (QED) is 0.855. The second-order valence-electron chi connectivity index (χ2n) is 6.73. The molecule has 0 heterocycles. The Kier molecular flexibility index (Phi) is 7.17. The molecule has 3 nitrogen and oxygen atoms in total. The molecular weight excluding hydrogens is 319 g/mol. The normalized spacial score (nSPS) is 21.3. The first kappa shape index (κ1) is 19.3. The van der Waals surface area contributed by atoms with Crippen LogP contribution in [-0.2, 0) is 10.2 Å². The number of halogens is 2. The zero-order chi connectivity index (χ0) is 15.5. The maximum atomic E-state index is 12.1. The molecule has 1 aliphatic rings. The van der Waals surface area contributed by atoms with Crippen LogP contribution >= 0.6 is 24.0 Å². The molecule has 2 rings (SSSR count). The summed E-state index contributed by atoms with van der Waals surface area (Å²) in [6.07, 6.45) is 3.83. The summed E-state index contributed by atoms with van der Waals surface area (Å²) in [5.41, 5.74) is 7.08. The lowest BCUT2D eigenvalue weighted by atomic mass is 9.84. The van der Waals surface area contributed by atoms with Gasteiger partial charge in [0.15, 0.2) is 0 Å². The minimum Gasteiger partial charge on any atom is -0.355 e. The highest BCUT2D eigenvalue weighted by molar-refractivity contribution is 6.30. The van der Waals surface area contributed by atoms with E-state index in [9.17, 15) is 4.79 Å². The van der Waals surface area contributed by atoms with Crippen molar-refractivity contribution in [1.82, 2.24) is 5.32 Å². The highest BCUT2D eigenvalue weighted by atomic mass is 35.5. The van der Waals surface area contributed by atoms with Gasteiger partial charge >= 0.3 is 0 Å². The SMILES string of the molecule is CC(C)(CNC(=O)C[C@@H]1CCC[C@H]1N)c1ccc(Cl)cc1.Cl. The number of carbonyl (C=O) groups is 1. The van der Waals surface area contributed by atoms with Gasteiger partial charge in [0.25, 0.3) is 0 Å². The van der Waals surface area contributed by atoms with E-state index in [4.69, 9.17) is 17.3 Å². The molecule has 1 fully saturated rings. The van der Waals surface area contributed by atoms with Gasteiger partial charge in [0.2, 0.25) is 5.91 Å². The third kappa shape index (κ3) is 5.15. The van der Waals surface area contributed by atoms with E-state index in [1.54, 1.807) is 0 Å². The third-order valence-electron chi connectivity index (χ3n) is 4.52. The molecule has 1 aromatic rings. The molecule has 0 radical (unpaired) electrons. The standard InChI is InChI=1S/C17H25ClN2O.ClH/c1-17(2,13-6-8-14(18)9-7-13)11-20-16(21)10-12-4-3-5-15(12)19;/h6-9,12,15H,3-5,10-11,19H2,1-2H3,(H,20,21);1H/t12-,15+;/m0./s1. The smallest absolute Gasteiger partial charge is 0.220 e. The van der Waals surface area contributed by atoms with Crippen LogP contribution in [0.25, 0.3) is 0 Å². The molecule has 0 saturated heterocycles. The van der Waals surface area contributed by atoms with E-state index >= 15 is 0 Å². The number of nitrogens with one attached hydrogen (secondary N) is 1. The summed E-state index contributed by atoms with van der Waals surface area (Å²) in [5, 5.41) is 3.79. The Balaban J connectivity index is 0.00000242. The van der Waals surface area contributed by atoms with Gasteiger partial charge < -0.3 is 11.1 Å². The molecule has 1 aliphatic carbocycles. The van der Waals surface area contributed by atoms with E-state index < -0.39 is 0 Å². The molecule has 2 atom stereocenters. The fraction of sp³-hybridized carbons (Fsp3) is 0.588. The monoisotopic (exact) mass is 344 g/mol. The molecule has 0 aromatic heterocycles. The Bertz CT molecular complexity index is 488. The number of nitrogens with two attached hydrogens (primary N) is 1. The number of benzene rings is 1. The molecule has 3 N–H and O–H groups in total. The van der Waals surface area contributed by atoms with Gasteiger partial charge in [-0.3, -0.25) is 4.79 Å². The third-order valence-corrected chi connectivity index (χ3v) is 4.77. The van der Waals surface area contributed by atoms with Crippen LogP contribution in [0.1, 0.15) is 45.1 Å². The van der Waals surface area contributed by atoms with E-state index in [0.717, 1.165) is 24.3 Å². The van der Waals surface area contributed by atoms with Gasteiger partial charge in [-0.1, -0.05) is 44.0 Å². The van der Waals surface area contributed by atoms with E-state index in [1.807, 2.05) is 24.3 Å². The van der Waals surface area contributed by atoms with Crippen molar-refractivity contribution in [2.45, 2.75) is 51.0 Å². The number of rotatable bonds is 5. The van der Waals surface area contributed by atoms with Crippen molar-refractivity contribution >= 4 is 29.9 Å². The predicted octanol–water partition coefficient (Wildman–Crippen LogP) is 3.67. The average molecular weight is 345 g/mol. The Morgan fingerprint density at radius 3 is 2.50 bits per heavy atom. The van der Waals surface area contributed by atoms with Crippen LogP contribution in [0.3, 0.4) is 0 Å². The van der Waals surface area contributed by atoms with Gasteiger partial charge in [-0.25, -0.2) is 0 Å². The van der Waals surface area contributed by atoms with Crippen molar-refractivity contribution in [2.24, 2.45) is 11.7 Å². The van der Waals surface area contributed by atoms with Crippen LogP contribution in [0.5, 0.6) is 0 Å². The van der Waals surface area contributed by atoms with Gasteiger partial charge in [0.1, 0.15) is 0 Å². The number of hydrogen-bond acceptors (Lipinski definition) is 2. The molecular formula is C17H26Cl2N2O. The summed E-state index contributed by atoms with van der Waals surface area (Å²) in [6.45, 7) is 4.87. The van der Waals surface area contributed by atoms with Gasteiger partial charge in [-0.05, 0) is 36.5 Å². The van der Waals surface area contributed by atoms with Crippen molar-refractivity contribution in [2.75, 3.05) is 6.54 Å². The minimum absolute atomic E-state index is 0. The predicted molar refractivity (Wildman–Crippen MR) is 94.7 cm³/mol. The van der Waals surface area contributed by atoms with Crippen molar-refractivity contribution in [3.8, 4) is 0 Å². The Morgan fingerprint density at radius 2 is 1.95 bits per heavy atom. The fourth-order valence-corrected chi connectivity index (χ4v) is 3.08. The molecule has 0 unspecified atom stereocenters. The van der Waals surface area contributed by atoms with Gasteiger partial charge in [-0.15, -0.1) is 12.4 Å². The summed E-state index contributed by atoms with van der Waals surface area (Å²) < 4.78 is 0. The first-order chi connectivity index (χ1) is 9.88. The molecule has 22 heavy (non-hydrogen) atoms. The minimum atomic E-state index is -0.113. The summed E-state index contributed by atoms with van der Waals surface area (Å²) in [6, 6.07) is 8.00. The molecule has 0 spiro atoms. The number of carbonyl (C=O) groups excluding carboxylic acids is 1. The lowest BCUT2D eigenvalue weighted by Gasteiger charge is -2.26. The first-order valence-corrected chi connectivity index (χ1v) is 8.04. The molecule has 1 amide bonds. The largest absolute Gasteiger partial charge is 0.355 e.